The Morgan fingerprint density at radius 2 is 2.20 bits per heavy atom. The second-order valence-electron chi connectivity index (χ2n) is 2.75. The van der Waals surface area contributed by atoms with Gasteiger partial charge in [-0.2, -0.15) is 0 Å². The maximum absolute atomic E-state index is 11.3. The summed E-state index contributed by atoms with van der Waals surface area (Å²) in [5.41, 5.74) is -1.19. The van der Waals surface area contributed by atoms with Gasteiger partial charge in [0.15, 0.2) is 6.23 Å². The highest BCUT2D eigenvalue weighted by atomic mass is 16.5. The predicted molar refractivity (Wildman–Crippen MR) is 50.5 cm³/mol. The molecule has 0 amide bonds. The van der Waals surface area contributed by atoms with Gasteiger partial charge in [0.1, 0.15) is 0 Å². The van der Waals surface area contributed by atoms with E-state index < -0.39 is 24.1 Å². The van der Waals surface area contributed by atoms with Crippen LogP contribution in [0.25, 0.3) is 0 Å². The average molecular weight is 216 g/mol. The first-order valence-electron chi connectivity index (χ1n) is 4.34. The minimum absolute atomic E-state index is 0.00318. The van der Waals surface area contributed by atoms with E-state index in [0.29, 0.717) is 0 Å². The molecule has 0 spiro atoms. The zero-order valence-electron chi connectivity index (χ0n) is 7.92. The molecule has 15 heavy (non-hydrogen) atoms. The molecular weight excluding hydrogens is 204 g/mol. The number of hydrogen-bond donors (Lipinski definition) is 3. The van der Waals surface area contributed by atoms with Crippen LogP contribution in [0.2, 0.25) is 0 Å². The van der Waals surface area contributed by atoms with Crippen LogP contribution in [0.15, 0.2) is 21.9 Å². The van der Waals surface area contributed by atoms with Gasteiger partial charge in [-0.1, -0.05) is 0 Å². The summed E-state index contributed by atoms with van der Waals surface area (Å²) in [5.74, 6) is 0. The molecule has 1 rings (SSSR count). The van der Waals surface area contributed by atoms with Crippen LogP contribution >= 0.6 is 0 Å². The summed E-state index contributed by atoms with van der Waals surface area (Å²) in [5, 5.41) is 17.5. The summed E-state index contributed by atoms with van der Waals surface area (Å²) >= 11 is 0. The molecule has 0 saturated carbocycles. The second-order valence-corrected chi connectivity index (χ2v) is 2.75. The lowest BCUT2D eigenvalue weighted by Gasteiger charge is -2.16. The van der Waals surface area contributed by atoms with Crippen LogP contribution < -0.4 is 11.2 Å². The SMILES string of the molecule is O=c1ccn([C@H](CO)OCCO)c(=O)[nH]1. The van der Waals surface area contributed by atoms with E-state index in [1.54, 1.807) is 0 Å². The molecule has 0 aromatic carbocycles. The minimum Gasteiger partial charge on any atom is -0.394 e. The normalized spacial score (nSPS) is 12.7. The summed E-state index contributed by atoms with van der Waals surface area (Å²) in [7, 11) is 0. The molecule has 1 heterocycles. The van der Waals surface area contributed by atoms with Crippen LogP contribution in [0, 0.1) is 0 Å². The third-order valence-corrected chi connectivity index (χ3v) is 1.72. The summed E-state index contributed by atoms with van der Waals surface area (Å²) in [6.07, 6.45) is 0.320. The van der Waals surface area contributed by atoms with Crippen molar-refractivity contribution in [1.82, 2.24) is 9.55 Å². The largest absolute Gasteiger partial charge is 0.394 e. The number of nitrogens with one attached hydrogen (secondary N) is 1. The highest BCUT2D eigenvalue weighted by Gasteiger charge is 2.11. The monoisotopic (exact) mass is 216 g/mol. The third-order valence-electron chi connectivity index (χ3n) is 1.72. The van der Waals surface area contributed by atoms with Crippen molar-refractivity contribution in [3.63, 3.8) is 0 Å². The molecule has 7 heteroatoms. The van der Waals surface area contributed by atoms with Crippen molar-refractivity contribution in [3.8, 4) is 0 Å². The topological polar surface area (TPSA) is 105 Å². The van der Waals surface area contributed by atoms with E-state index in [9.17, 15) is 9.59 Å². The van der Waals surface area contributed by atoms with Crippen LogP contribution in [-0.4, -0.2) is 39.6 Å². The Hall–Kier alpha value is -1.44. The number of nitrogens with zero attached hydrogens (tertiary/aromatic N) is 1. The van der Waals surface area contributed by atoms with Gasteiger partial charge in [-0.15, -0.1) is 0 Å². The maximum atomic E-state index is 11.3. The predicted octanol–water partition coefficient (Wildman–Crippen LogP) is -1.96. The Balaban J connectivity index is 2.91. The second kappa shape index (κ2) is 5.44. The molecule has 3 N–H and O–H groups in total. The standard InChI is InChI=1S/C8H12N2O5/c11-3-4-15-7(5-12)10-2-1-6(13)9-8(10)14/h1-2,7,11-12H,3-5H2,(H,9,13,14)/t7-/m0/s1. The molecule has 0 unspecified atom stereocenters. The summed E-state index contributed by atoms with van der Waals surface area (Å²) in [6.45, 7) is -0.642. The molecular formula is C8H12N2O5. The molecule has 0 radical (unpaired) electrons. The third kappa shape index (κ3) is 3.01. The van der Waals surface area contributed by atoms with Gasteiger partial charge in [0, 0.05) is 12.3 Å². The summed E-state index contributed by atoms with van der Waals surface area (Å²) in [4.78, 5) is 24.0. The molecule has 0 bridgehead atoms. The van der Waals surface area contributed by atoms with Crippen LogP contribution in [0.1, 0.15) is 6.23 Å². The molecule has 0 saturated heterocycles. The van der Waals surface area contributed by atoms with Gasteiger partial charge in [0.25, 0.3) is 5.56 Å². The molecule has 1 aromatic rings. The van der Waals surface area contributed by atoms with Crippen molar-refractivity contribution < 1.29 is 14.9 Å². The average Bonchev–Trinajstić information content (AvgIpc) is 2.21. The smallest absolute Gasteiger partial charge is 0.330 e. The number of ether oxygens (including phenoxy) is 1. The highest BCUT2D eigenvalue weighted by Crippen LogP contribution is 2.02. The lowest BCUT2D eigenvalue weighted by molar-refractivity contribution is -0.0489. The van der Waals surface area contributed by atoms with E-state index in [1.165, 1.54) is 6.20 Å². The number of aromatic amines is 1. The highest BCUT2D eigenvalue weighted by molar-refractivity contribution is 4.83. The van der Waals surface area contributed by atoms with Gasteiger partial charge >= 0.3 is 5.69 Å². The van der Waals surface area contributed by atoms with E-state index >= 15 is 0 Å². The molecule has 0 aliphatic rings. The number of hydrogen-bond acceptors (Lipinski definition) is 5. The van der Waals surface area contributed by atoms with Crippen molar-refractivity contribution in [2.24, 2.45) is 0 Å². The number of aliphatic hydroxyl groups excluding tert-OH is 2. The summed E-state index contributed by atoms with van der Waals surface area (Å²) in [6, 6.07) is 1.15. The number of H-pyrrole nitrogens is 1. The molecule has 1 aromatic heterocycles. The van der Waals surface area contributed by atoms with E-state index in [0.717, 1.165) is 10.6 Å². The zero-order chi connectivity index (χ0) is 11.3. The van der Waals surface area contributed by atoms with Gasteiger partial charge in [0.05, 0.1) is 19.8 Å². The van der Waals surface area contributed by atoms with E-state index in [1.807, 2.05) is 4.98 Å². The fourth-order valence-corrected chi connectivity index (χ4v) is 1.06. The Morgan fingerprint density at radius 1 is 1.47 bits per heavy atom. The molecule has 0 fully saturated rings. The fourth-order valence-electron chi connectivity index (χ4n) is 1.06. The lowest BCUT2D eigenvalue weighted by atomic mass is 10.5. The van der Waals surface area contributed by atoms with E-state index in [4.69, 9.17) is 14.9 Å². The minimum atomic E-state index is -0.901. The van der Waals surface area contributed by atoms with Crippen molar-refractivity contribution in [2.75, 3.05) is 19.8 Å². The first-order valence-corrected chi connectivity index (χ1v) is 4.34. The fraction of sp³-hybridized carbons (Fsp3) is 0.500. The Morgan fingerprint density at radius 3 is 2.73 bits per heavy atom. The van der Waals surface area contributed by atoms with Crippen LogP contribution in [0.4, 0.5) is 0 Å². The van der Waals surface area contributed by atoms with E-state index in [2.05, 4.69) is 0 Å². The van der Waals surface area contributed by atoms with Crippen molar-refractivity contribution >= 4 is 0 Å². The lowest BCUT2D eigenvalue weighted by Crippen LogP contribution is -2.34. The van der Waals surface area contributed by atoms with Gasteiger partial charge in [-0.25, -0.2) is 4.79 Å². The Bertz CT molecular complexity index is 410. The molecule has 0 aliphatic heterocycles. The molecule has 0 aliphatic carbocycles. The first-order chi connectivity index (χ1) is 7.19. The van der Waals surface area contributed by atoms with E-state index in [-0.39, 0.29) is 13.2 Å². The van der Waals surface area contributed by atoms with Crippen LogP contribution in [0.3, 0.4) is 0 Å². The number of aliphatic hydroxyl groups is 2. The number of rotatable bonds is 5. The van der Waals surface area contributed by atoms with Crippen LogP contribution in [-0.2, 0) is 4.74 Å². The van der Waals surface area contributed by atoms with Gasteiger partial charge in [0.2, 0.25) is 0 Å². The summed E-state index contributed by atoms with van der Waals surface area (Å²) < 4.78 is 6.03. The van der Waals surface area contributed by atoms with Gasteiger partial charge < -0.3 is 14.9 Å². The van der Waals surface area contributed by atoms with Crippen molar-refractivity contribution in [1.29, 1.82) is 0 Å². The molecule has 1 atom stereocenters. The van der Waals surface area contributed by atoms with Crippen LogP contribution in [0.5, 0.6) is 0 Å². The Labute approximate surface area is 84.6 Å². The molecule has 7 nitrogen and oxygen atoms in total. The Kier molecular flexibility index (Phi) is 4.22. The number of aromatic nitrogens is 2. The van der Waals surface area contributed by atoms with Gasteiger partial charge in [-0.3, -0.25) is 14.3 Å². The zero-order valence-corrected chi connectivity index (χ0v) is 7.92. The first kappa shape index (κ1) is 11.6. The van der Waals surface area contributed by atoms with Crippen molar-refractivity contribution in [2.45, 2.75) is 6.23 Å². The quantitative estimate of drug-likeness (QED) is 0.530. The maximum Gasteiger partial charge on any atom is 0.330 e. The molecule has 84 valence electrons. The van der Waals surface area contributed by atoms with Crippen molar-refractivity contribution in [3.05, 3.63) is 33.1 Å². The van der Waals surface area contributed by atoms with Gasteiger partial charge in [-0.05, 0) is 0 Å².